The van der Waals surface area contributed by atoms with Crippen LogP contribution in [0.2, 0.25) is 5.02 Å². The molecular weight excluding hydrogens is 368 g/mol. The summed E-state index contributed by atoms with van der Waals surface area (Å²) in [6, 6.07) is 6.82. The second-order valence-corrected chi connectivity index (χ2v) is 6.99. The van der Waals surface area contributed by atoms with Crippen molar-refractivity contribution in [1.29, 1.82) is 0 Å². The van der Waals surface area contributed by atoms with E-state index in [1.54, 1.807) is 13.2 Å². The molecule has 0 aliphatic carbocycles. The number of aromatic nitrogens is 2. The topological polar surface area (TPSA) is 76.5 Å². The van der Waals surface area contributed by atoms with Crippen LogP contribution < -0.4 is 15.8 Å². The summed E-state index contributed by atoms with van der Waals surface area (Å²) in [6.45, 7) is 3.62. The van der Waals surface area contributed by atoms with Crippen LogP contribution in [0.15, 0.2) is 29.1 Å². The third kappa shape index (κ3) is 4.48. The van der Waals surface area contributed by atoms with E-state index in [1.807, 2.05) is 24.0 Å². The number of hydrogen-bond acceptors (Lipinski definition) is 5. The third-order valence-electron chi connectivity index (χ3n) is 4.51. The maximum absolute atomic E-state index is 12.6. The van der Waals surface area contributed by atoms with E-state index >= 15 is 0 Å². The molecule has 1 aromatic heterocycles. The number of anilines is 2. The maximum Gasteiger partial charge on any atom is 0.255 e. The highest BCUT2D eigenvalue weighted by Gasteiger charge is 2.21. The standard InChI is InChI=1S/C19H23ClN4O3/c1-13-6-5-7-15(20)18(13)22-16(25)11-24-17(26)10-14(12-27-2)21-19(24)23-8-3-4-9-23/h5-7,10H,3-4,8-9,11-12H2,1-2H3,(H,22,25). The van der Waals surface area contributed by atoms with Gasteiger partial charge in [-0.05, 0) is 31.4 Å². The fourth-order valence-corrected chi connectivity index (χ4v) is 3.45. The molecule has 0 radical (unpaired) electrons. The number of benzene rings is 1. The predicted molar refractivity (Wildman–Crippen MR) is 105 cm³/mol. The van der Waals surface area contributed by atoms with Crippen LogP contribution in [-0.2, 0) is 22.7 Å². The summed E-state index contributed by atoms with van der Waals surface area (Å²) in [5, 5.41) is 3.27. The SMILES string of the molecule is COCc1cc(=O)n(CC(=O)Nc2c(C)cccc2Cl)c(N2CCCC2)n1. The first kappa shape index (κ1) is 19.4. The molecule has 1 N–H and O–H groups in total. The van der Waals surface area contributed by atoms with Crippen molar-refractivity contribution in [2.24, 2.45) is 0 Å². The summed E-state index contributed by atoms with van der Waals surface area (Å²) < 4.78 is 6.51. The van der Waals surface area contributed by atoms with Crippen molar-refractivity contribution in [1.82, 2.24) is 9.55 Å². The minimum Gasteiger partial charge on any atom is -0.378 e. The number of ether oxygens (including phenoxy) is 1. The lowest BCUT2D eigenvalue weighted by atomic mass is 10.2. The van der Waals surface area contributed by atoms with Crippen molar-refractivity contribution in [3.05, 3.63) is 50.9 Å². The minimum atomic E-state index is -0.324. The van der Waals surface area contributed by atoms with Gasteiger partial charge < -0.3 is 15.0 Å². The lowest BCUT2D eigenvalue weighted by molar-refractivity contribution is -0.116. The van der Waals surface area contributed by atoms with Gasteiger partial charge in [-0.25, -0.2) is 4.98 Å². The number of carbonyl (C=O) groups is 1. The maximum atomic E-state index is 12.6. The Morgan fingerprint density at radius 3 is 2.74 bits per heavy atom. The molecule has 7 nitrogen and oxygen atoms in total. The first-order valence-corrected chi connectivity index (χ1v) is 9.27. The van der Waals surface area contributed by atoms with Crippen molar-refractivity contribution < 1.29 is 9.53 Å². The van der Waals surface area contributed by atoms with Gasteiger partial charge in [0.1, 0.15) is 6.54 Å². The molecule has 2 heterocycles. The number of hydrogen-bond donors (Lipinski definition) is 1. The molecule has 1 aromatic carbocycles. The minimum absolute atomic E-state index is 0.129. The molecule has 1 aliphatic heterocycles. The van der Waals surface area contributed by atoms with Crippen LogP contribution in [0.3, 0.4) is 0 Å². The molecule has 27 heavy (non-hydrogen) atoms. The molecule has 1 aliphatic rings. The summed E-state index contributed by atoms with van der Waals surface area (Å²) in [7, 11) is 1.56. The van der Waals surface area contributed by atoms with Gasteiger partial charge in [0, 0.05) is 26.3 Å². The molecule has 1 fully saturated rings. The number of rotatable bonds is 6. The molecule has 1 saturated heterocycles. The van der Waals surface area contributed by atoms with E-state index in [9.17, 15) is 9.59 Å². The number of carbonyl (C=O) groups excluding carboxylic acids is 1. The van der Waals surface area contributed by atoms with Crippen molar-refractivity contribution in [3.8, 4) is 0 Å². The lowest BCUT2D eigenvalue weighted by Crippen LogP contribution is -2.35. The van der Waals surface area contributed by atoms with Crippen LogP contribution in [0.25, 0.3) is 0 Å². The zero-order valence-electron chi connectivity index (χ0n) is 15.5. The highest BCUT2D eigenvalue weighted by Crippen LogP contribution is 2.25. The Morgan fingerprint density at radius 2 is 2.07 bits per heavy atom. The number of methoxy groups -OCH3 is 1. The number of nitrogens with one attached hydrogen (secondary N) is 1. The van der Waals surface area contributed by atoms with Crippen LogP contribution >= 0.6 is 11.6 Å². The van der Waals surface area contributed by atoms with E-state index in [2.05, 4.69) is 10.3 Å². The van der Waals surface area contributed by atoms with Gasteiger partial charge in [0.15, 0.2) is 0 Å². The van der Waals surface area contributed by atoms with E-state index in [0.717, 1.165) is 31.5 Å². The Hall–Kier alpha value is -2.38. The smallest absolute Gasteiger partial charge is 0.255 e. The van der Waals surface area contributed by atoms with Crippen molar-refractivity contribution >= 4 is 29.1 Å². The zero-order valence-corrected chi connectivity index (χ0v) is 16.3. The summed E-state index contributed by atoms with van der Waals surface area (Å²) in [6.07, 6.45) is 2.07. The molecule has 1 amide bonds. The van der Waals surface area contributed by atoms with Crippen molar-refractivity contribution in [2.45, 2.75) is 32.9 Å². The third-order valence-corrected chi connectivity index (χ3v) is 4.83. The van der Waals surface area contributed by atoms with E-state index in [4.69, 9.17) is 16.3 Å². The van der Waals surface area contributed by atoms with Gasteiger partial charge in [-0.1, -0.05) is 23.7 Å². The van der Waals surface area contributed by atoms with E-state index in [0.29, 0.717) is 22.4 Å². The molecule has 144 valence electrons. The van der Waals surface area contributed by atoms with Gasteiger partial charge >= 0.3 is 0 Å². The Bertz CT molecular complexity index is 871. The normalized spacial score (nSPS) is 13.8. The van der Waals surface area contributed by atoms with Gasteiger partial charge in [-0.3, -0.25) is 14.2 Å². The molecule has 2 aromatic rings. The second-order valence-electron chi connectivity index (χ2n) is 6.58. The van der Waals surface area contributed by atoms with Gasteiger partial charge in [0.2, 0.25) is 11.9 Å². The fourth-order valence-electron chi connectivity index (χ4n) is 3.18. The van der Waals surface area contributed by atoms with Gasteiger partial charge in [-0.2, -0.15) is 0 Å². The van der Waals surface area contributed by atoms with E-state index in [1.165, 1.54) is 10.6 Å². The highest BCUT2D eigenvalue weighted by molar-refractivity contribution is 6.33. The van der Waals surface area contributed by atoms with Crippen LogP contribution in [-0.4, -0.2) is 35.7 Å². The summed E-state index contributed by atoms with van der Waals surface area (Å²) in [5.74, 6) is 0.188. The Morgan fingerprint density at radius 1 is 1.33 bits per heavy atom. The van der Waals surface area contributed by atoms with Crippen molar-refractivity contribution in [3.63, 3.8) is 0 Å². The highest BCUT2D eigenvalue weighted by atomic mass is 35.5. The number of para-hydroxylation sites is 1. The summed E-state index contributed by atoms with van der Waals surface area (Å²) in [4.78, 5) is 31.9. The first-order chi connectivity index (χ1) is 13.0. The monoisotopic (exact) mass is 390 g/mol. The van der Waals surface area contributed by atoms with Gasteiger partial charge in [-0.15, -0.1) is 0 Å². The predicted octanol–water partition coefficient (Wildman–Crippen LogP) is 2.59. The van der Waals surface area contributed by atoms with Crippen LogP contribution in [0.5, 0.6) is 0 Å². The largest absolute Gasteiger partial charge is 0.378 e. The van der Waals surface area contributed by atoms with E-state index in [-0.39, 0.29) is 24.6 Å². The molecule has 0 unspecified atom stereocenters. The average Bonchev–Trinajstić information content (AvgIpc) is 3.15. The van der Waals surface area contributed by atoms with Crippen LogP contribution in [0.1, 0.15) is 24.1 Å². The molecule has 3 rings (SSSR count). The average molecular weight is 391 g/mol. The fraction of sp³-hybridized carbons (Fsp3) is 0.421. The number of nitrogens with zero attached hydrogens (tertiary/aromatic N) is 3. The quantitative estimate of drug-likeness (QED) is 0.820. The zero-order chi connectivity index (χ0) is 19.4. The molecule has 8 heteroatoms. The van der Waals surface area contributed by atoms with Crippen molar-refractivity contribution in [2.75, 3.05) is 30.4 Å². The second kappa shape index (κ2) is 8.54. The molecule has 0 saturated carbocycles. The van der Waals surface area contributed by atoms with Crippen LogP contribution in [0.4, 0.5) is 11.6 Å². The van der Waals surface area contributed by atoms with Gasteiger partial charge in [0.25, 0.3) is 5.56 Å². The Kier molecular flexibility index (Phi) is 6.13. The Balaban J connectivity index is 1.88. The molecular formula is C19H23ClN4O3. The lowest BCUT2D eigenvalue weighted by Gasteiger charge is -2.22. The number of amides is 1. The molecule has 0 spiro atoms. The first-order valence-electron chi connectivity index (χ1n) is 8.89. The van der Waals surface area contributed by atoms with Crippen LogP contribution in [0, 0.1) is 6.92 Å². The molecule has 0 atom stereocenters. The molecule has 0 bridgehead atoms. The summed E-state index contributed by atoms with van der Waals surface area (Å²) in [5.41, 5.74) is 1.70. The van der Waals surface area contributed by atoms with Gasteiger partial charge in [0.05, 0.1) is 23.0 Å². The number of aryl methyl sites for hydroxylation is 1. The Labute approximate surface area is 162 Å². The summed E-state index contributed by atoms with van der Waals surface area (Å²) >= 11 is 6.18. The number of halogens is 1. The van der Waals surface area contributed by atoms with E-state index < -0.39 is 0 Å².